The fourth-order valence-electron chi connectivity index (χ4n) is 5.13. The van der Waals surface area contributed by atoms with Crippen molar-refractivity contribution in [2.45, 2.75) is 71.3 Å². The van der Waals surface area contributed by atoms with Crippen molar-refractivity contribution in [1.29, 1.82) is 0 Å². The maximum atomic E-state index is 12.3. The van der Waals surface area contributed by atoms with Gasteiger partial charge in [0.1, 0.15) is 29.0 Å². The van der Waals surface area contributed by atoms with Gasteiger partial charge in [-0.3, -0.25) is 14.4 Å². The van der Waals surface area contributed by atoms with Gasteiger partial charge in [0.15, 0.2) is 11.5 Å². The third kappa shape index (κ3) is 13.8. The summed E-state index contributed by atoms with van der Waals surface area (Å²) in [6.07, 6.45) is -0.361. The lowest BCUT2D eigenvalue weighted by Crippen LogP contribution is -2.42. The summed E-state index contributed by atoms with van der Waals surface area (Å²) in [7, 11) is 0. The number of hydrogen-bond donors (Lipinski definition) is 6. The maximum Gasteiger partial charge on any atom is 0.326 e. The summed E-state index contributed by atoms with van der Waals surface area (Å²) in [6.45, 7) is 7.91. The topological polar surface area (TPSA) is 206 Å². The number of carbonyl (C=O) groups is 4. The van der Waals surface area contributed by atoms with E-state index in [2.05, 4.69) is 69.0 Å². The van der Waals surface area contributed by atoms with Crippen molar-refractivity contribution in [3.05, 3.63) is 101 Å². The van der Waals surface area contributed by atoms with E-state index in [1.54, 1.807) is 60.7 Å². The Labute approximate surface area is 351 Å². The number of aromatic hydroxyl groups is 2. The molecular formula is C39H40Br4N2O10. The summed E-state index contributed by atoms with van der Waals surface area (Å²) < 4.78 is 14.3. The van der Waals surface area contributed by atoms with Gasteiger partial charge in [-0.05, 0) is 154 Å². The van der Waals surface area contributed by atoms with Gasteiger partial charge < -0.3 is 41.0 Å². The first-order chi connectivity index (χ1) is 25.7. The van der Waals surface area contributed by atoms with Crippen molar-refractivity contribution in [3.8, 4) is 34.5 Å². The van der Waals surface area contributed by atoms with Crippen LogP contribution in [0.1, 0.15) is 74.6 Å². The predicted molar refractivity (Wildman–Crippen MR) is 221 cm³/mol. The highest BCUT2D eigenvalue weighted by atomic mass is 79.9. The van der Waals surface area contributed by atoms with Crippen LogP contribution >= 0.6 is 63.7 Å². The largest absolute Gasteiger partial charge is 0.508 e. The molecule has 0 fully saturated rings. The number of nitrogens with two attached hydrogens (primary N) is 1. The van der Waals surface area contributed by atoms with E-state index >= 15 is 0 Å². The van der Waals surface area contributed by atoms with Crippen LogP contribution in [0.4, 0.5) is 0 Å². The number of hydrogen-bond acceptors (Lipinski definition) is 8. The van der Waals surface area contributed by atoms with E-state index in [0.29, 0.717) is 52.0 Å². The number of nitrogens with one attached hydrogen (secondary N) is 1. The lowest BCUT2D eigenvalue weighted by atomic mass is 10.0. The molecule has 12 nitrogen and oxygen atoms in total. The molecule has 0 heterocycles. The van der Waals surface area contributed by atoms with Crippen LogP contribution in [-0.4, -0.2) is 50.2 Å². The van der Waals surface area contributed by atoms with Crippen molar-refractivity contribution in [2.75, 3.05) is 0 Å². The summed E-state index contributed by atoms with van der Waals surface area (Å²) in [5.74, 6) is -0.373. The molecule has 294 valence electrons. The molecule has 16 heteroatoms. The average Bonchev–Trinajstić information content (AvgIpc) is 3.07. The first kappa shape index (κ1) is 45.3. The molecule has 55 heavy (non-hydrogen) atoms. The van der Waals surface area contributed by atoms with Gasteiger partial charge in [-0.15, -0.1) is 0 Å². The van der Waals surface area contributed by atoms with Crippen molar-refractivity contribution < 1.29 is 49.1 Å². The smallest absolute Gasteiger partial charge is 0.326 e. The summed E-state index contributed by atoms with van der Waals surface area (Å²) in [4.78, 5) is 45.3. The fraction of sp³-hybridized carbons (Fsp3) is 0.282. The summed E-state index contributed by atoms with van der Waals surface area (Å²) in [6, 6.07) is 15.7. The second-order valence-corrected chi connectivity index (χ2v) is 16.4. The van der Waals surface area contributed by atoms with Gasteiger partial charge in [0, 0.05) is 17.5 Å². The number of carboxylic acid groups (broad SMARTS) is 2. The number of primary amides is 1. The van der Waals surface area contributed by atoms with Gasteiger partial charge in [0.05, 0.1) is 30.7 Å². The maximum absolute atomic E-state index is 12.3. The number of carboxylic acids is 2. The van der Waals surface area contributed by atoms with Crippen molar-refractivity contribution in [3.63, 3.8) is 0 Å². The van der Waals surface area contributed by atoms with Crippen LogP contribution < -0.4 is 20.5 Å². The predicted octanol–water partition coefficient (Wildman–Crippen LogP) is 9.67. The van der Waals surface area contributed by atoms with Crippen LogP contribution in [-0.2, 0) is 32.0 Å². The molecule has 0 aliphatic rings. The number of carbonyl (C=O) groups excluding carboxylic acids is 2. The van der Waals surface area contributed by atoms with Crippen LogP contribution in [0.3, 0.4) is 0 Å². The van der Waals surface area contributed by atoms with Gasteiger partial charge in [-0.2, -0.15) is 0 Å². The number of phenols is 2. The first-order valence-corrected chi connectivity index (χ1v) is 19.9. The SMILES string of the molecule is CC(C)c1cc(Oc2c(Br)cc(CC(=O)N[C@H](CCC(N)=O)C(=O)O)cc2Br)ccc1O.CC(C)c1cc(Oc2c(Br)cc(CC(=O)O)cc2Br)ccc1O. The molecule has 0 spiro atoms. The minimum atomic E-state index is -1.24. The number of aliphatic carboxylic acids is 2. The highest BCUT2D eigenvalue weighted by molar-refractivity contribution is 9.11. The van der Waals surface area contributed by atoms with E-state index < -0.39 is 29.8 Å². The van der Waals surface area contributed by atoms with Gasteiger partial charge in [-0.1, -0.05) is 27.7 Å². The second kappa shape index (κ2) is 20.7. The Bertz CT molecular complexity index is 2010. The highest BCUT2D eigenvalue weighted by Crippen LogP contribution is 2.41. The Kier molecular flexibility index (Phi) is 17.0. The molecule has 0 radical (unpaired) electrons. The van der Waals surface area contributed by atoms with Gasteiger partial charge in [-0.25, -0.2) is 4.79 Å². The average molecular weight is 1020 g/mol. The molecule has 4 rings (SSSR count). The van der Waals surface area contributed by atoms with E-state index in [4.69, 9.17) is 20.3 Å². The van der Waals surface area contributed by atoms with Crippen LogP contribution in [0, 0.1) is 0 Å². The van der Waals surface area contributed by atoms with Crippen LogP contribution in [0.15, 0.2) is 78.6 Å². The van der Waals surface area contributed by atoms with Crippen molar-refractivity contribution in [2.24, 2.45) is 5.73 Å². The highest BCUT2D eigenvalue weighted by Gasteiger charge is 2.22. The summed E-state index contributed by atoms with van der Waals surface area (Å²) in [5.41, 5.74) is 7.89. The zero-order valence-corrected chi connectivity index (χ0v) is 36.5. The van der Waals surface area contributed by atoms with Gasteiger partial charge in [0.25, 0.3) is 0 Å². The van der Waals surface area contributed by atoms with Crippen LogP contribution in [0.2, 0.25) is 0 Å². The molecule has 4 aromatic rings. The monoisotopic (exact) mass is 1010 g/mol. The standard InChI is InChI=1S/C22H24Br2N2O6.C17H16Br2O4/c1-11(2)14-10-13(3-5-18(14)27)32-21-15(23)7-12(8-16(21)24)9-20(29)26-17(22(30)31)4-6-19(25)28;1-9(2)12-8-11(3-4-15(12)20)23-17-13(18)5-10(6-14(17)19)7-16(21)22/h3,5,7-8,10-11,17,27H,4,6,9H2,1-2H3,(H2,25,28)(H,26,29)(H,30,31);3-6,8-9,20H,7H2,1-2H3,(H,21,22)/t17-;/m1./s1. The number of benzene rings is 4. The van der Waals surface area contributed by atoms with Crippen LogP contribution in [0.25, 0.3) is 0 Å². The lowest BCUT2D eigenvalue weighted by Gasteiger charge is -2.16. The van der Waals surface area contributed by atoms with E-state index in [9.17, 15) is 34.5 Å². The molecule has 1 atom stereocenters. The molecule has 0 saturated heterocycles. The number of halogens is 4. The van der Waals surface area contributed by atoms with E-state index in [0.717, 1.165) is 11.1 Å². The first-order valence-electron chi connectivity index (χ1n) is 16.7. The Morgan fingerprint density at radius 2 is 1.07 bits per heavy atom. The van der Waals surface area contributed by atoms with Crippen LogP contribution in [0.5, 0.6) is 34.5 Å². The molecule has 0 saturated carbocycles. The van der Waals surface area contributed by atoms with Gasteiger partial charge in [0.2, 0.25) is 11.8 Å². The number of ether oxygens (including phenoxy) is 2. The zero-order valence-electron chi connectivity index (χ0n) is 30.2. The fourth-order valence-corrected chi connectivity index (χ4v) is 8.01. The second-order valence-electron chi connectivity index (χ2n) is 12.9. The minimum absolute atomic E-state index is 0.0613. The quantitative estimate of drug-likeness (QED) is 0.0665. The Morgan fingerprint density at radius 3 is 1.42 bits per heavy atom. The molecule has 4 aromatic carbocycles. The third-order valence-corrected chi connectivity index (χ3v) is 10.2. The molecule has 2 amide bonds. The summed E-state index contributed by atoms with van der Waals surface area (Å²) >= 11 is 13.7. The molecule has 0 unspecified atom stereocenters. The lowest BCUT2D eigenvalue weighted by molar-refractivity contribution is -0.142. The molecule has 0 aromatic heterocycles. The zero-order chi connectivity index (χ0) is 41.1. The molecule has 0 bridgehead atoms. The summed E-state index contributed by atoms with van der Waals surface area (Å²) in [5, 5.41) is 40.4. The van der Waals surface area contributed by atoms with E-state index in [1.165, 1.54) is 0 Å². The van der Waals surface area contributed by atoms with Crippen molar-refractivity contribution in [1.82, 2.24) is 5.32 Å². The Morgan fingerprint density at radius 1 is 0.673 bits per heavy atom. The Hall–Kier alpha value is -4.12. The third-order valence-electron chi connectivity index (χ3n) is 7.83. The Balaban J connectivity index is 0.000000311. The molecular weight excluding hydrogens is 976 g/mol. The molecule has 7 N–H and O–H groups in total. The number of rotatable bonds is 15. The normalized spacial score (nSPS) is 11.4. The number of amides is 2. The van der Waals surface area contributed by atoms with Gasteiger partial charge >= 0.3 is 11.9 Å². The molecule has 0 aliphatic carbocycles. The molecule has 0 aliphatic heterocycles. The number of phenolic OH excluding ortho intramolecular Hbond substituents is 2. The van der Waals surface area contributed by atoms with E-state index in [-0.39, 0.29) is 49.0 Å². The van der Waals surface area contributed by atoms with Crippen molar-refractivity contribution >= 4 is 87.5 Å². The minimum Gasteiger partial charge on any atom is -0.508 e. The van der Waals surface area contributed by atoms with E-state index in [1.807, 2.05) is 27.7 Å².